The highest BCUT2D eigenvalue weighted by Crippen LogP contribution is 2.11. The van der Waals surface area contributed by atoms with Gasteiger partial charge in [0.05, 0.1) is 0 Å². The molecule has 0 saturated carbocycles. The molecule has 0 unspecified atom stereocenters. The van der Waals surface area contributed by atoms with E-state index in [0.29, 0.717) is 6.61 Å². The third-order valence-corrected chi connectivity index (χ3v) is 2.51. The minimum Gasteiger partial charge on any atom is -0.489 e. The predicted octanol–water partition coefficient (Wildman–Crippen LogP) is 4.76. The zero-order chi connectivity index (χ0) is 12.5. The average Bonchev–Trinajstić information content (AvgIpc) is 2.33. The van der Waals surface area contributed by atoms with E-state index in [1.807, 2.05) is 30.3 Å². The molecule has 1 heteroatoms. The Labute approximate surface area is 105 Å². The summed E-state index contributed by atoms with van der Waals surface area (Å²) in [6.45, 7) is 8.77. The molecule has 0 fully saturated rings. The molecule has 1 nitrogen and oxygen atoms in total. The van der Waals surface area contributed by atoms with Crippen LogP contribution < -0.4 is 4.74 Å². The third-order valence-electron chi connectivity index (χ3n) is 2.51. The quantitative estimate of drug-likeness (QED) is 0.485. The number of benzene rings is 1. The lowest BCUT2D eigenvalue weighted by Crippen LogP contribution is -1.98. The molecule has 0 N–H and O–H groups in total. The summed E-state index contributed by atoms with van der Waals surface area (Å²) in [7, 11) is 0. The standard InChI is InChI=1S/C16H22O/c1-14(2)9-7-8-10-15(3)13-17-16-11-5-4-6-12-16/h4-6,10-12H,1,7-9,13H2,2-3H3/b15-10+. The van der Waals surface area contributed by atoms with E-state index >= 15 is 0 Å². The van der Waals surface area contributed by atoms with Gasteiger partial charge in [-0.25, -0.2) is 0 Å². The Bertz CT molecular complexity index is 362. The van der Waals surface area contributed by atoms with Crippen LogP contribution in [-0.2, 0) is 0 Å². The van der Waals surface area contributed by atoms with Crippen LogP contribution in [-0.4, -0.2) is 6.61 Å². The minimum absolute atomic E-state index is 0.678. The van der Waals surface area contributed by atoms with Gasteiger partial charge in [0.1, 0.15) is 12.4 Å². The fourth-order valence-electron chi connectivity index (χ4n) is 1.53. The highest BCUT2D eigenvalue weighted by Gasteiger charge is 1.93. The predicted molar refractivity (Wildman–Crippen MR) is 74.4 cm³/mol. The van der Waals surface area contributed by atoms with E-state index in [-0.39, 0.29) is 0 Å². The highest BCUT2D eigenvalue weighted by molar-refractivity contribution is 5.21. The maximum Gasteiger partial charge on any atom is 0.119 e. The van der Waals surface area contributed by atoms with Crippen LogP contribution in [0.1, 0.15) is 33.1 Å². The summed E-state index contributed by atoms with van der Waals surface area (Å²) in [6.07, 6.45) is 5.66. The smallest absolute Gasteiger partial charge is 0.119 e. The molecular formula is C16H22O. The molecule has 0 aliphatic carbocycles. The topological polar surface area (TPSA) is 9.23 Å². The fraction of sp³-hybridized carbons (Fsp3) is 0.375. The second-order valence-corrected chi connectivity index (χ2v) is 4.50. The summed E-state index contributed by atoms with van der Waals surface area (Å²) in [5, 5.41) is 0. The van der Waals surface area contributed by atoms with Gasteiger partial charge in [-0.1, -0.05) is 29.8 Å². The Balaban J connectivity index is 2.22. The lowest BCUT2D eigenvalue weighted by atomic mass is 10.1. The van der Waals surface area contributed by atoms with Gasteiger partial charge in [-0.05, 0) is 50.8 Å². The van der Waals surface area contributed by atoms with Crippen LogP contribution in [0.25, 0.3) is 0 Å². The van der Waals surface area contributed by atoms with Crippen LogP contribution in [0, 0.1) is 0 Å². The van der Waals surface area contributed by atoms with Gasteiger partial charge < -0.3 is 4.74 Å². The van der Waals surface area contributed by atoms with Crippen molar-refractivity contribution in [2.24, 2.45) is 0 Å². The maximum absolute atomic E-state index is 5.66. The summed E-state index contributed by atoms with van der Waals surface area (Å²) >= 11 is 0. The van der Waals surface area contributed by atoms with Crippen molar-refractivity contribution in [3.8, 4) is 5.75 Å². The molecule has 0 saturated heterocycles. The van der Waals surface area contributed by atoms with Gasteiger partial charge in [-0.3, -0.25) is 0 Å². The molecule has 0 bridgehead atoms. The zero-order valence-electron chi connectivity index (χ0n) is 10.9. The maximum atomic E-state index is 5.66. The van der Waals surface area contributed by atoms with E-state index in [1.54, 1.807) is 0 Å². The third kappa shape index (κ3) is 6.62. The first kappa shape index (κ1) is 13.6. The first-order valence-corrected chi connectivity index (χ1v) is 6.16. The zero-order valence-corrected chi connectivity index (χ0v) is 10.9. The summed E-state index contributed by atoms with van der Waals surface area (Å²) in [5.41, 5.74) is 2.55. The first-order chi connectivity index (χ1) is 8.18. The summed E-state index contributed by atoms with van der Waals surface area (Å²) in [4.78, 5) is 0. The van der Waals surface area contributed by atoms with Gasteiger partial charge in [0.25, 0.3) is 0 Å². The van der Waals surface area contributed by atoms with E-state index < -0.39 is 0 Å². The SMILES string of the molecule is C=C(C)CCC/C=C(\C)COc1ccccc1. The van der Waals surface area contributed by atoms with E-state index in [4.69, 9.17) is 4.74 Å². The van der Waals surface area contributed by atoms with E-state index in [9.17, 15) is 0 Å². The van der Waals surface area contributed by atoms with Crippen molar-refractivity contribution in [1.82, 2.24) is 0 Å². The molecule has 1 aromatic rings. The van der Waals surface area contributed by atoms with Crippen LogP contribution in [0.3, 0.4) is 0 Å². The van der Waals surface area contributed by atoms with Crippen LogP contribution >= 0.6 is 0 Å². The largest absolute Gasteiger partial charge is 0.489 e. The molecule has 0 aliphatic heterocycles. The minimum atomic E-state index is 0.678. The van der Waals surface area contributed by atoms with Crippen molar-refractivity contribution in [2.45, 2.75) is 33.1 Å². The molecule has 0 radical (unpaired) electrons. The average molecular weight is 230 g/mol. The van der Waals surface area contributed by atoms with Gasteiger partial charge >= 0.3 is 0 Å². The van der Waals surface area contributed by atoms with Gasteiger partial charge in [0.15, 0.2) is 0 Å². The van der Waals surface area contributed by atoms with Gasteiger partial charge in [0, 0.05) is 0 Å². The molecule has 0 aliphatic rings. The Kier molecular flexibility index (Phi) is 6.16. The van der Waals surface area contributed by atoms with Crippen LogP contribution in [0.4, 0.5) is 0 Å². The van der Waals surface area contributed by atoms with Gasteiger partial charge in [0.2, 0.25) is 0 Å². The number of ether oxygens (including phenoxy) is 1. The second kappa shape index (κ2) is 7.72. The van der Waals surface area contributed by atoms with Crippen molar-refractivity contribution in [3.05, 3.63) is 54.1 Å². The molecule has 1 aromatic carbocycles. The lowest BCUT2D eigenvalue weighted by Gasteiger charge is -2.06. The number of allylic oxidation sites excluding steroid dienone is 2. The van der Waals surface area contributed by atoms with Crippen LogP contribution in [0.2, 0.25) is 0 Å². The molecule has 0 atom stereocenters. The molecule has 1 rings (SSSR count). The second-order valence-electron chi connectivity index (χ2n) is 4.50. The number of para-hydroxylation sites is 1. The fourth-order valence-corrected chi connectivity index (χ4v) is 1.53. The monoisotopic (exact) mass is 230 g/mol. The molecular weight excluding hydrogens is 208 g/mol. The molecule has 0 aromatic heterocycles. The van der Waals surface area contributed by atoms with E-state index in [1.165, 1.54) is 17.6 Å². The highest BCUT2D eigenvalue weighted by atomic mass is 16.5. The summed E-state index contributed by atoms with van der Waals surface area (Å²) < 4.78 is 5.66. The van der Waals surface area contributed by atoms with Crippen molar-refractivity contribution < 1.29 is 4.74 Å². The van der Waals surface area contributed by atoms with Crippen LogP contribution in [0.15, 0.2) is 54.1 Å². The first-order valence-electron chi connectivity index (χ1n) is 6.16. The van der Waals surface area contributed by atoms with E-state index in [0.717, 1.165) is 18.6 Å². The van der Waals surface area contributed by atoms with Crippen molar-refractivity contribution in [3.63, 3.8) is 0 Å². The Hall–Kier alpha value is -1.50. The van der Waals surface area contributed by atoms with Crippen molar-refractivity contribution >= 4 is 0 Å². The summed E-state index contributed by atoms with van der Waals surface area (Å²) in [6, 6.07) is 9.93. The van der Waals surface area contributed by atoms with Crippen molar-refractivity contribution in [2.75, 3.05) is 6.61 Å². The molecule has 0 spiro atoms. The normalized spacial score (nSPS) is 11.3. The van der Waals surface area contributed by atoms with Crippen molar-refractivity contribution in [1.29, 1.82) is 0 Å². The number of rotatable bonds is 7. The Morgan fingerprint density at radius 3 is 2.59 bits per heavy atom. The van der Waals surface area contributed by atoms with Crippen LogP contribution in [0.5, 0.6) is 5.75 Å². The molecule has 0 heterocycles. The Morgan fingerprint density at radius 2 is 1.94 bits per heavy atom. The lowest BCUT2D eigenvalue weighted by molar-refractivity contribution is 0.351. The number of hydrogen-bond donors (Lipinski definition) is 0. The summed E-state index contributed by atoms with van der Waals surface area (Å²) in [5.74, 6) is 0.933. The molecule has 0 amide bonds. The molecule has 17 heavy (non-hydrogen) atoms. The molecule has 92 valence electrons. The Morgan fingerprint density at radius 1 is 1.24 bits per heavy atom. The van der Waals surface area contributed by atoms with Gasteiger partial charge in [-0.15, -0.1) is 6.58 Å². The van der Waals surface area contributed by atoms with Gasteiger partial charge in [-0.2, -0.15) is 0 Å². The van der Waals surface area contributed by atoms with E-state index in [2.05, 4.69) is 26.5 Å². The number of hydrogen-bond acceptors (Lipinski definition) is 1. The number of unbranched alkanes of at least 4 members (excludes halogenated alkanes) is 1.